The van der Waals surface area contributed by atoms with Gasteiger partial charge in [-0.25, -0.2) is 0 Å². The van der Waals surface area contributed by atoms with Gasteiger partial charge in [0.05, 0.1) is 33.1 Å². The minimum atomic E-state index is 1.23. The van der Waals surface area contributed by atoms with E-state index in [4.69, 9.17) is 0 Å². The molecule has 0 aliphatic heterocycles. The molecule has 14 rings (SSSR count). The maximum Gasteiger partial charge on any atom is 0.0620 e. The van der Waals surface area contributed by atoms with Gasteiger partial charge in [-0.2, -0.15) is 0 Å². The number of nitrogens with zero attached hydrogens (tertiary/aromatic N) is 2. The molecule has 0 unspecified atom stereocenters. The average Bonchev–Trinajstić information content (AvgIpc) is 4.07. The van der Waals surface area contributed by atoms with Crippen molar-refractivity contribution in [3.05, 3.63) is 182 Å². The number of para-hydroxylation sites is 3. The van der Waals surface area contributed by atoms with E-state index in [2.05, 4.69) is 191 Å². The zero-order valence-corrected chi connectivity index (χ0v) is 31.4. The molecule has 9 aromatic carbocycles. The van der Waals surface area contributed by atoms with Crippen LogP contribution in [0.1, 0.15) is 0 Å². The van der Waals surface area contributed by atoms with Crippen molar-refractivity contribution in [3.63, 3.8) is 0 Å². The standard InChI is InChI=1S/C54H30N2S/c1-5-19-47-37(13-1)43-28-35(29-44-38-14-2-6-20-48(38)55(47)52(43)44)32-23-24-50-42(26-32)46-30-34(27-45-39-15-3-7-21-49(39)56(50)53(45)46)31-11-9-12-33(25-31)36-17-10-18-41-40-16-4-8-22-51(40)57-54(36)41/h1-30H. The summed E-state index contributed by atoms with van der Waals surface area (Å²) in [5.41, 5.74) is 15.1. The largest absolute Gasteiger partial charge is 0.308 e. The topological polar surface area (TPSA) is 8.82 Å². The molecule has 0 amide bonds. The van der Waals surface area contributed by atoms with Crippen molar-refractivity contribution in [3.8, 4) is 33.4 Å². The molecular formula is C54H30N2S. The van der Waals surface area contributed by atoms with Gasteiger partial charge in [0.25, 0.3) is 0 Å². The number of hydrogen-bond acceptors (Lipinski definition) is 1. The summed E-state index contributed by atoms with van der Waals surface area (Å²) in [6, 6.07) is 68.1. The van der Waals surface area contributed by atoms with E-state index < -0.39 is 0 Å². The van der Waals surface area contributed by atoms with Crippen LogP contribution in [0.5, 0.6) is 0 Å². The molecule has 5 aromatic heterocycles. The molecule has 2 nitrogen and oxygen atoms in total. The predicted octanol–water partition coefficient (Wildman–Crippen LogP) is 15.4. The molecule has 0 radical (unpaired) electrons. The third-order valence-corrected chi connectivity index (χ3v) is 14.0. The van der Waals surface area contributed by atoms with Gasteiger partial charge < -0.3 is 8.80 Å². The van der Waals surface area contributed by atoms with Gasteiger partial charge in [0, 0.05) is 63.3 Å². The van der Waals surface area contributed by atoms with Crippen LogP contribution < -0.4 is 0 Å². The van der Waals surface area contributed by atoms with Crippen molar-refractivity contribution in [1.82, 2.24) is 8.80 Å². The van der Waals surface area contributed by atoms with Crippen LogP contribution in [0.25, 0.3) is 130 Å². The highest BCUT2D eigenvalue weighted by Crippen LogP contribution is 2.46. The Bertz CT molecular complexity index is 3900. The third-order valence-electron chi connectivity index (χ3n) is 12.7. The molecule has 0 fully saturated rings. The zero-order valence-electron chi connectivity index (χ0n) is 30.6. The predicted molar refractivity (Wildman–Crippen MR) is 245 cm³/mol. The molecule has 0 aliphatic rings. The van der Waals surface area contributed by atoms with E-state index in [1.54, 1.807) is 0 Å². The average molecular weight is 739 g/mol. The molecule has 262 valence electrons. The third kappa shape index (κ3) is 3.89. The molecule has 0 N–H and O–H groups in total. The lowest BCUT2D eigenvalue weighted by molar-refractivity contribution is 1.37. The molecule has 3 heteroatoms. The van der Waals surface area contributed by atoms with Crippen LogP contribution in [-0.4, -0.2) is 8.80 Å². The second-order valence-electron chi connectivity index (χ2n) is 15.7. The summed E-state index contributed by atoms with van der Waals surface area (Å²) in [5.74, 6) is 0. The van der Waals surface area contributed by atoms with Gasteiger partial charge in [0.1, 0.15) is 0 Å². The highest BCUT2D eigenvalue weighted by Gasteiger charge is 2.22. The van der Waals surface area contributed by atoms with Crippen molar-refractivity contribution in [1.29, 1.82) is 0 Å². The Labute approximate surface area is 330 Å². The van der Waals surface area contributed by atoms with Crippen molar-refractivity contribution in [2.75, 3.05) is 0 Å². The Morgan fingerprint density at radius 1 is 0.281 bits per heavy atom. The lowest BCUT2D eigenvalue weighted by atomic mass is 9.95. The van der Waals surface area contributed by atoms with Crippen LogP contribution in [0.15, 0.2) is 182 Å². The Morgan fingerprint density at radius 3 is 1.37 bits per heavy atom. The lowest BCUT2D eigenvalue weighted by Gasteiger charge is -2.09. The first-order valence-electron chi connectivity index (χ1n) is 19.7. The maximum absolute atomic E-state index is 2.49. The first-order chi connectivity index (χ1) is 28.3. The van der Waals surface area contributed by atoms with E-state index in [0.29, 0.717) is 0 Å². The van der Waals surface area contributed by atoms with Gasteiger partial charge in [-0.15, -0.1) is 11.3 Å². The first-order valence-corrected chi connectivity index (χ1v) is 20.5. The SMILES string of the molecule is c1cc(-c2cc3c4ccccc4n4c5ccc(-c6cc7c8ccccc8n8c9ccccc9c(c6)c78)cc5c(c2)c34)cc(-c2cccc3c2sc2ccccc23)c1. The zero-order chi connectivity index (χ0) is 36.9. The van der Waals surface area contributed by atoms with E-state index in [0.717, 1.165) is 0 Å². The van der Waals surface area contributed by atoms with Gasteiger partial charge in [-0.05, 0) is 100 Å². The fourth-order valence-corrected chi connectivity index (χ4v) is 11.5. The summed E-state index contributed by atoms with van der Waals surface area (Å²) in [5, 5.41) is 13.0. The van der Waals surface area contributed by atoms with Crippen molar-refractivity contribution >= 4 is 108 Å². The van der Waals surface area contributed by atoms with E-state index in [9.17, 15) is 0 Å². The normalized spacial score (nSPS) is 12.6. The number of aromatic nitrogens is 2. The number of fused-ring (bicyclic) bond motifs is 15. The fourth-order valence-electron chi connectivity index (χ4n) is 10.3. The second-order valence-corrected chi connectivity index (χ2v) is 16.7. The van der Waals surface area contributed by atoms with E-state index in [1.165, 1.54) is 130 Å². The van der Waals surface area contributed by atoms with E-state index in [-0.39, 0.29) is 0 Å². The van der Waals surface area contributed by atoms with Crippen molar-refractivity contribution in [2.24, 2.45) is 0 Å². The summed E-state index contributed by atoms with van der Waals surface area (Å²) >= 11 is 1.89. The van der Waals surface area contributed by atoms with Gasteiger partial charge in [0.2, 0.25) is 0 Å². The van der Waals surface area contributed by atoms with Crippen LogP contribution in [0, 0.1) is 0 Å². The minimum Gasteiger partial charge on any atom is -0.308 e. The smallest absolute Gasteiger partial charge is 0.0620 e. The van der Waals surface area contributed by atoms with Crippen LogP contribution in [0.2, 0.25) is 0 Å². The number of rotatable bonds is 3. The van der Waals surface area contributed by atoms with Crippen LogP contribution in [0.4, 0.5) is 0 Å². The number of thiophene rings is 1. The molecule has 0 atom stereocenters. The quantitative estimate of drug-likeness (QED) is 0.171. The highest BCUT2D eigenvalue weighted by atomic mass is 32.1. The van der Waals surface area contributed by atoms with Crippen molar-refractivity contribution in [2.45, 2.75) is 0 Å². The molecule has 0 saturated heterocycles. The van der Waals surface area contributed by atoms with Crippen LogP contribution >= 0.6 is 11.3 Å². The second kappa shape index (κ2) is 10.8. The molecule has 5 heterocycles. The Balaban J connectivity index is 1.01. The van der Waals surface area contributed by atoms with Gasteiger partial charge in [-0.1, -0.05) is 115 Å². The number of hydrogen-bond donors (Lipinski definition) is 0. The molecule has 0 aliphatic carbocycles. The Hall–Kier alpha value is -7.20. The molecule has 0 saturated carbocycles. The Morgan fingerprint density at radius 2 is 0.737 bits per heavy atom. The van der Waals surface area contributed by atoms with Crippen molar-refractivity contribution < 1.29 is 0 Å². The monoisotopic (exact) mass is 738 g/mol. The van der Waals surface area contributed by atoms with E-state index in [1.807, 2.05) is 11.3 Å². The van der Waals surface area contributed by atoms with Crippen LogP contribution in [-0.2, 0) is 0 Å². The first kappa shape index (κ1) is 30.1. The molecular weight excluding hydrogens is 709 g/mol. The molecule has 14 aromatic rings. The fraction of sp³-hybridized carbons (Fsp3) is 0. The Kier molecular flexibility index (Phi) is 5.68. The molecule has 0 spiro atoms. The summed E-state index contributed by atoms with van der Waals surface area (Å²) in [6.45, 7) is 0. The van der Waals surface area contributed by atoms with Crippen LogP contribution in [0.3, 0.4) is 0 Å². The lowest BCUT2D eigenvalue weighted by Crippen LogP contribution is -1.83. The summed E-state index contributed by atoms with van der Waals surface area (Å²) in [7, 11) is 0. The summed E-state index contributed by atoms with van der Waals surface area (Å²) < 4.78 is 7.63. The minimum absolute atomic E-state index is 1.23. The van der Waals surface area contributed by atoms with Gasteiger partial charge >= 0.3 is 0 Å². The molecule has 57 heavy (non-hydrogen) atoms. The highest BCUT2D eigenvalue weighted by molar-refractivity contribution is 7.26. The maximum atomic E-state index is 2.49. The summed E-state index contributed by atoms with van der Waals surface area (Å²) in [6.07, 6.45) is 0. The number of benzene rings is 9. The van der Waals surface area contributed by atoms with Gasteiger partial charge in [0.15, 0.2) is 0 Å². The van der Waals surface area contributed by atoms with Gasteiger partial charge in [-0.3, -0.25) is 0 Å². The molecule has 0 bridgehead atoms. The van der Waals surface area contributed by atoms with E-state index >= 15 is 0 Å². The summed E-state index contributed by atoms with van der Waals surface area (Å²) in [4.78, 5) is 0.